The molecular weight excluding hydrogens is 1110 g/mol. The van der Waals surface area contributed by atoms with E-state index in [0.717, 1.165) is 11.1 Å². The van der Waals surface area contributed by atoms with E-state index >= 15 is 0 Å². The largest absolute Gasteiger partial charge is 0.459 e. The van der Waals surface area contributed by atoms with Gasteiger partial charge in [-0.25, -0.2) is 4.18 Å². The Bertz CT molecular complexity index is 2510. The zero-order valence-corrected chi connectivity index (χ0v) is 48.9. The van der Waals surface area contributed by atoms with Crippen molar-refractivity contribution in [3.63, 3.8) is 0 Å². The molecule has 0 aromatic heterocycles. The Labute approximate surface area is 477 Å². The summed E-state index contributed by atoms with van der Waals surface area (Å²) in [4.78, 5) is 27.5. The third kappa shape index (κ3) is 10.6. The third-order valence-electron chi connectivity index (χ3n) is 20.4. The number of esters is 2. The standard InChI is InChI=1S/C55H86O26S/c1-24(2)12-11-17-53(9)55(66)34(74-26(4)57)20-52(8)28-13-14-32-50(5,6)33(16-18-51(32,7)27(28)15-19-54(52,55)49(65)80-53)76-48-44(36(60)31(23-72-48)81-82(67,68)69)79-46-38(62)37(61)41(25(3)73-46)77-45-39(63)42(29(58)22-71-45)78-47-40(64)43(70-10)35(59)30(21-56)75-47/h12-13,25,27,29-48,56,58-64,66H,11,14-23H2,1-10H3,(H,67,68,69)/t25-,27+,29-,30-,31-,32+,33+,34+,35-,36+,37+,38-,39-,40-,41-,42+,43+,44-,45+,46+,47+,48+,51-,52+,53+,54-,55+/m1/s1. The second-order valence-corrected chi connectivity index (χ2v) is 26.7. The first-order valence-corrected chi connectivity index (χ1v) is 29.8. The fourth-order valence-corrected chi connectivity index (χ4v) is 16.7. The maximum Gasteiger partial charge on any atom is 0.397 e. The average molecular weight is 1200 g/mol. The Balaban J connectivity index is 0.916. The molecule has 468 valence electrons. The minimum Gasteiger partial charge on any atom is -0.459 e. The lowest BCUT2D eigenvalue weighted by atomic mass is 9.40. The monoisotopic (exact) mass is 1190 g/mol. The fourth-order valence-electron chi connectivity index (χ4n) is 16.3. The van der Waals surface area contributed by atoms with Gasteiger partial charge in [-0.2, -0.15) is 8.42 Å². The highest BCUT2D eigenvalue weighted by Crippen LogP contribution is 2.78. The highest BCUT2D eigenvalue weighted by Gasteiger charge is 2.87. The Kier molecular flexibility index (Phi) is 18.2. The lowest BCUT2D eigenvalue weighted by Crippen LogP contribution is -2.66. The van der Waals surface area contributed by atoms with E-state index in [1.165, 1.54) is 21.0 Å². The molecule has 0 radical (unpaired) electrons. The number of carbonyl (C=O) groups is 2. The Morgan fingerprint density at radius 3 is 2.06 bits per heavy atom. The first-order chi connectivity index (χ1) is 38.2. The van der Waals surface area contributed by atoms with Gasteiger partial charge in [0.15, 0.2) is 30.8 Å². The SMILES string of the molecule is CO[C@@H]1[C@@H](O)[C@H](O[C@@H]2[C@@H](O)[C@H](O[C@H]3[C@@H](O)[C@@H](O)[C@H](O[C@H]4[C@H](O[C@H]5CC[C@]6(C)[C@H]7CC[C@]89C(=O)O[C@@](C)(CCC=C(C)C)[C@@]8(O)[C@@H](OC(C)=O)C[C@@]9(C)C7=CC[C@H]6C5(C)C)OC[C@@H](OS(=O)(=O)O)[C@@H]4O)O[C@@H]3C)OC[C@H]2O)O[C@H](CO)[C@H]1O. The summed E-state index contributed by atoms with van der Waals surface area (Å²) < 4.78 is 104. The maximum absolute atomic E-state index is 14.7. The molecule has 82 heavy (non-hydrogen) atoms. The summed E-state index contributed by atoms with van der Waals surface area (Å²) in [6.45, 7) is 14.9. The van der Waals surface area contributed by atoms with E-state index in [4.69, 9.17) is 56.3 Å². The predicted molar refractivity (Wildman–Crippen MR) is 277 cm³/mol. The molecule has 3 saturated carbocycles. The van der Waals surface area contributed by atoms with Crippen LogP contribution < -0.4 is 0 Å². The van der Waals surface area contributed by atoms with Crippen molar-refractivity contribution in [1.82, 2.24) is 0 Å². The summed E-state index contributed by atoms with van der Waals surface area (Å²) in [5, 5.41) is 102. The van der Waals surface area contributed by atoms with Gasteiger partial charge in [0.25, 0.3) is 0 Å². The zero-order valence-electron chi connectivity index (χ0n) is 48.0. The van der Waals surface area contributed by atoms with E-state index < -0.39 is 198 Å². The van der Waals surface area contributed by atoms with E-state index in [-0.39, 0.29) is 24.7 Å². The molecule has 0 aromatic rings. The van der Waals surface area contributed by atoms with Crippen LogP contribution in [0.15, 0.2) is 23.3 Å². The van der Waals surface area contributed by atoms with Gasteiger partial charge in [-0.05, 0) is 102 Å². The molecule has 0 unspecified atom stereocenters. The van der Waals surface area contributed by atoms with Crippen molar-refractivity contribution in [2.75, 3.05) is 26.9 Å². The van der Waals surface area contributed by atoms with E-state index in [1.807, 2.05) is 26.8 Å². The van der Waals surface area contributed by atoms with Crippen LogP contribution >= 0.6 is 0 Å². The number of ether oxygens (including phenoxy) is 11. The van der Waals surface area contributed by atoms with E-state index in [1.54, 1.807) is 6.92 Å². The minimum absolute atomic E-state index is 0.0823. The number of hydrogen-bond donors (Lipinski definition) is 10. The highest BCUT2D eigenvalue weighted by atomic mass is 32.3. The molecule has 9 rings (SSSR count). The van der Waals surface area contributed by atoms with Crippen molar-refractivity contribution < 1.29 is 125 Å². The molecule has 1 spiro atoms. The first kappa shape index (κ1) is 64.1. The van der Waals surface area contributed by atoms with Crippen LogP contribution in [0.3, 0.4) is 0 Å². The molecule has 9 aliphatic rings. The van der Waals surface area contributed by atoms with Gasteiger partial charge in [0.1, 0.15) is 96.5 Å². The molecule has 0 bridgehead atoms. The van der Waals surface area contributed by atoms with Crippen molar-refractivity contribution in [1.29, 1.82) is 0 Å². The van der Waals surface area contributed by atoms with Gasteiger partial charge >= 0.3 is 22.3 Å². The molecule has 26 nitrogen and oxygen atoms in total. The van der Waals surface area contributed by atoms with Crippen molar-refractivity contribution in [2.24, 2.45) is 33.5 Å². The van der Waals surface area contributed by atoms with Crippen LogP contribution in [0, 0.1) is 33.5 Å². The number of carbonyl (C=O) groups excluding carboxylic acids is 2. The number of aliphatic hydroxyl groups is 9. The number of fused-ring (bicyclic) bond motifs is 4. The molecule has 10 N–H and O–H groups in total. The van der Waals surface area contributed by atoms with Crippen LogP contribution in [0.5, 0.6) is 0 Å². The minimum atomic E-state index is -5.18. The van der Waals surface area contributed by atoms with Gasteiger partial charge < -0.3 is 98.1 Å². The van der Waals surface area contributed by atoms with Crippen LogP contribution in [-0.4, -0.2) is 232 Å². The van der Waals surface area contributed by atoms with Gasteiger partial charge in [-0.3, -0.25) is 14.1 Å². The summed E-state index contributed by atoms with van der Waals surface area (Å²) in [7, 11) is -3.97. The number of cyclic esters (lactones) is 1. The molecule has 5 heterocycles. The Hall–Kier alpha value is -2.43. The number of rotatable bonds is 16. The number of allylic oxidation sites excluding steroid dienone is 4. The third-order valence-corrected chi connectivity index (χ3v) is 20.9. The van der Waals surface area contributed by atoms with Crippen LogP contribution in [0.2, 0.25) is 0 Å². The molecule has 5 aliphatic heterocycles. The van der Waals surface area contributed by atoms with Crippen molar-refractivity contribution in [3.8, 4) is 0 Å². The van der Waals surface area contributed by atoms with Crippen LogP contribution in [-0.2, 0) is 76.3 Å². The molecule has 0 amide bonds. The quantitative estimate of drug-likeness (QED) is 0.0540. The molecular formula is C55H86O26S. The van der Waals surface area contributed by atoms with Gasteiger partial charge in [0, 0.05) is 19.4 Å². The summed E-state index contributed by atoms with van der Waals surface area (Å²) >= 11 is 0. The first-order valence-electron chi connectivity index (χ1n) is 28.4. The highest BCUT2D eigenvalue weighted by molar-refractivity contribution is 7.80. The van der Waals surface area contributed by atoms with Gasteiger partial charge in [0.05, 0.1) is 32.0 Å². The molecule has 27 atom stereocenters. The predicted octanol–water partition coefficient (Wildman–Crippen LogP) is -0.265. The lowest BCUT2D eigenvalue weighted by Gasteiger charge is -2.64. The molecule has 5 saturated heterocycles. The fraction of sp³-hybridized carbons (Fsp3) is 0.891. The summed E-state index contributed by atoms with van der Waals surface area (Å²) in [6, 6.07) is 0. The van der Waals surface area contributed by atoms with Crippen molar-refractivity contribution in [2.45, 2.75) is 248 Å². The van der Waals surface area contributed by atoms with Crippen LogP contribution in [0.1, 0.15) is 114 Å². The Morgan fingerprint density at radius 2 is 1.41 bits per heavy atom. The molecule has 8 fully saturated rings. The lowest BCUT2D eigenvalue weighted by molar-refractivity contribution is -0.382. The van der Waals surface area contributed by atoms with Gasteiger partial charge in [0.2, 0.25) is 0 Å². The molecule has 27 heteroatoms. The second-order valence-electron chi connectivity index (χ2n) is 25.7. The van der Waals surface area contributed by atoms with Gasteiger partial charge in [-0.1, -0.05) is 51.0 Å². The average Bonchev–Trinajstić information content (AvgIpc) is 1.92. The van der Waals surface area contributed by atoms with E-state index in [0.29, 0.717) is 38.5 Å². The zero-order chi connectivity index (χ0) is 60.2. The van der Waals surface area contributed by atoms with Gasteiger partial charge in [-0.15, -0.1) is 0 Å². The number of aliphatic hydroxyl groups excluding tert-OH is 8. The smallest absolute Gasteiger partial charge is 0.397 e. The number of hydrogen-bond acceptors (Lipinski definition) is 25. The summed E-state index contributed by atoms with van der Waals surface area (Å²) in [6.07, 6.45) is -23.3. The molecule has 0 aromatic carbocycles. The van der Waals surface area contributed by atoms with E-state index in [2.05, 4.69) is 26.8 Å². The van der Waals surface area contributed by atoms with Crippen molar-refractivity contribution >= 4 is 22.3 Å². The van der Waals surface area contributed by atoms with Crippen LogP contribution in [0.25, 0.3) is 0 Å². The van der Waals surface area contributed by atoms with E-state index in [9.17, 15) is 68.5 Å². The van der Waals surface area contributed by atoms with Crippen molar-refractivity contribution in [3.05, 3.63) is 23.3 Å². The topological polar surface area (TPSA) is 381 Å². The Morgan fingerprint density at radius 1 is 0.768 bits per heavy atom. The molecule has 4 aliphatic carbocycles. The normalized spacial score (nSPS) is 50.0. The summed E-state index contributed by atoms with van der Waals surface area (Å²) in [5.41, 5.74) is -4.57. The maximum atomic E-state index is 14.7. The summed E-state index contributed by atoms with van der Waals surface area (Å²) in [5.74, 6) is -1.24. The second kappa shape index (κ2) is 23.3. The van der Waals surface area contributed by atoms with Crippen LogP contribution in [0.4, 0.5) is 0 Å². The number of methoxy groups -OCH3 is 1.